The highest BCUT2D eigenvalue weighted by molar-refractivity contribution is 9.10. The summed E-state index contributed by atoms with van der Waals surface area (Å²) in [6, 6.07) is 10.0. The van der Waals surface area contributed by atoms with E-state index in [0.717, 1.165) is 21.5 Å². The van der Waals surface area contributed by atoms with Gasteiger partial charge < -0.3 is 26.4 Å². The Kier molecular flexibility index (Phi) is 7.28. The third kappa shape index (κ3) is 5.93. The van der Waals surface area contributed by atoms with E-state index in [0.29, 0.717) is 25.3 Å². The van der Waals surface area contributed by atoms with Gasteiger partial charge in [0, 0.05) is 29.7 Å². The number of nitrogens with zero attached hydrogens (tertiary/aromatic N) is 1. The van der Waals surface area contributed by atoms with Crippen molar-refractivity contribution < 1.29 is 14.3 Å². The molecule has 1 aliphatic heterocycles. The molecule has 2 amide bonds. The Balaban J connectivity index is 1.44. The summed E-state index contributed by atoms with van der Waals surface area (Å²) in [5, 5.41) is 8.74. The van der Waals surface area contributed by atoms with Gasteiger partial charge in [-0.3, -0.25) is 9.59 Å². The van der Waals surface area contributed by atoms with Gasteiger partial charge in [-0.2, -0.15) is 0 Å². The summed E-state index contributed by atoms with van der Waals surface area (Å²) < 4.78 is 6.89. The van der Waals surface area contributed by atoms with Gasteiger partial charge in [-0.15, -0.1) is 0 Å². The molecule has 2 heterocycles. The molecule has 0 radical (unpaired) electrons. The van der Waals surface area contributed by atoms with Gasteiger partial charge in [-0.25, -0.2) is 4.98 Å². The van der Waals surface area contributed by atoms with Crippen LogP contribution in [0.2, 0.25) is 0 Å². The second-order valence-electron chi connectivity index (χ2n) is 7.32. The largest absolute Gasteiger partial charge is 0.489 e. The van der Waals surface area contributed by atoms with Crippen molar-refractivity contribution in [2.45, 2.75) is 45.0 Å². The van der Waals surface area contributed by atoms with E-state index in [-0.39, 0.29) is 17.9 Å². The van der Waals surface area contributed by atoms with Gasteiger partial charge in [0.15, 0.2) is 0 Å². The minimum atomic E-state index is -0.659. The molecular weight excluding hydrogens is 450 g/mol. The van der Waals surface area contributed by atoms with Crippen LogP contribution in [0.25, 0.3) is 0 Å². The molecule has 2 aromatic rings. The summed E-state index contributed by atoms with van der Waals surface area (Å²) in [7, 11) is 0. The van der Waals surface area contributed by atoms with E-state index >= 15 is 0 Å². The number of aryl methyl sites for hydroxylation is 1. The molecule has 0 saturated carbocycles. The van der Waals surface area contributed by atoms with Gasteiger partial charge in [0.05, 0.1) is 6.04 Å². The Morgan fingerprint density at radius 3 is 2.73 bits per heavy atom. The maximum atomic E-state index is 12.5. The number of pyridine rings is 1. The van der Waals surface area contributed by atoms with Crippen LogP contribution in [0.3, 0.4) is 0 Å². The molecule has 1 aliphatic rings. The summed E-state index contributed by atoms with van der Waals surface area (Å²) in [4.78, 5) is 29.1. The van der Waals surface area contributed by atoms with E-state index in [2.05, 4.69) is 36.9 Å². The molecule has 1 saturated heterocycles. The number of carbonyl (C=O) groups is 2. The first-order valence-corrected chi connectivity index (χ1v) is 10.6. The number of rotatable bonds is 7. The third-order valence-electron chi connectivity index (χ3n) is 4.95. The maximum absolute atomic E-state index is 12.5. The van der Waals surface area contributed by atoms with Gasteiger partial charge in [-0.05, 0) is 49.7 Å². The van der Waals surface area contributed by atoms with Crippen LogP contribution in [0, 0.1) is 6.92 Å². The molecule has 0 unspecified atom stereocenters. The summed E-state index contributed by atoms with van der Waals surface area (Å²) in [6.45, 7) is 4.38. The predicted molar refractivity (Wildman–Crippen MR) is 118 cm³/mol. The van der Waals surface area contributed by atoms with E-state index in [4.69, 9.17) is 10.5 Å². The zero-order valence-corrected chi connectivity index (χ0v) is 18.5. The number of halogens is 1. The van der Waals surface area contributed by atoms with Crippen molar-refractivity contribution in [1.29, 1.82) is 0 Å². The highest BCUT2D eigenvalue weighted by atomic mass is 79.9. The highest BCUT2D eigenvalue weighted by Gasteiger charge is 2.32. The van der Waals surface area contributed by atoms with Crippen molar-refractivity contribution in [3.8, 4) is 5.75 Å². The fourth-order valence-corrected chi connectivity index (χ4v) is 3.47. The average molecular weight is 476 g/mol. The fourth-order valence-electron chi connectivity index (χ4n) is 3.21. The normalized spacial score (nSPS) is 19.2. The lowest BCUT2D eigenvalue weighted by Gasteiger charge is -2.17. The summed E-state index contributed by atoms with van der Waals surface area (Å²) in [6.07, 6.45) is 0.430. The van der Waals surface area contributed by atoms with Crippen LogP contribution in [0.4, 0.5) is 5.82 Å². The first-order valence-electron chi connectivity index (χ1n) is 9.77. The molecule has 30 heavy (non-hydrogen) atoms. The third-order valence-corrected chi connectivity index (χ3v) is 5.47. The lowest BCUT2D eigenvalue weighted by molar-refractivity contribution is -0.129. The Labute approximate surface area is 184 Å². The molecule has 0 bridgehead atoms. The standard InChI is InChI=1S/C21H26BrN5O3/c1-12-14(3-8-19(23)26-12)10-25-20(28)13(2)27-21(29)18-9-17(11-24-18)30-16-6-4-15(22)5-7-16/h3-8,13,17-18,24H,9-11H2,1-2H3,(H2,23,26)(H,25,28)(H,27,29)/t13-,17-,18+/m0/s1. The zero-order chi connectivity index (χ0) is 21.7. The Morgan fingerprint density at radius 2 is 2.03 bits per heavy atom. The van der Waals surface area contributed by atoms with E-state index in [1.807, 2.05) is 37.3 Å². The van der Waals surface area contributed by atoms with Gasteiger partial charge in [0.1, 0.15) is 23.7 Å². The summed E-state index contributed by atoms with van der Waals surface area (Å²) >= 11 is 3.39. The molecule has 0 aliphatic carbocycles. The molecule has 3 rings (SSSR count). The molecule has 1 fully saturated rings. The monoisotopic (exact) mass is 475 g/mol. The predicted octanol–water partition coefficient (Wildman–Crippen LogP) is 1.67. The number of nitrogens with two attached hydrogens (primary N) is 1. The van der Waals surface area contributed by atoms with E-state index < -0.39 is 12.1 Å². The van der Waals surface area contributed by atoms with Crippen molar-refractivity contribution in [3.63, 3.8) is 0 Å². The molecule has 1 aromatic carbocycles. The van der Waals surface area contributed by atoms with Crippen LogP contribution in [-0.2, 0) is 16.1 Å². The Hall–Kier alpha value is -2.65. The number of amides is 2. The van der Waals surface area contributed by atoms with E-state index in [9.17, 15) is 9.59 Å². The number of nitrogens with one attached hydrogen (secondary N) is 3. The van der Waals surface area contributed by atoms with Crippen LogP contribution >= 0.6 is 15.9 Å². The minimum absolute atomic E-state index is 0.105. The number of ether oxygens (including phenoxy) is 1. The smallest absolute Gasteiger partial charge is 0.242 e. The van der Waals surface area contributed by atoms with Crippen molar-refractivity contribution in [1.82, 2.24) is 20.9 Å². The van der Waals surface area contributed by atoms with Gasteiger partial charge >= 0.3 is 0 Å². The lowest BCUT2D eigenvalue weighted by atomic mass is 10.1. The second-order valence-corrected chi connectivity index (χ2v) is 8.23. The van der Waals surface area contributed by atoms with Crippen molar-refractivity contribution in [2.24, 2.45) is 0 Å². The van der Waals surface area contributed by atoms with Gasteiger partial charge in [0.25, 0.3) is 0 Å². The van der Waals surface area contributed by atoms with Crippen LogP contribution in [0.15, 0.2) is 40.9 Å². The molecule has 1 aromatic heterocycles. The number of anilines is 1. The lowest BCUT2D eigenvalue weighted by Crippen LogP contribution is -2.50. The number of hydrogen-bond donors (Lipinski definition) is 4. The number of aromatic nitrogens is 1. The Bertz CT molecular complexity index is 906. The number of nitrogen functional groups attached to an aromatic ring is 1. The average Bonchev–Trinajstić information content (AvgIpc) is 3.17. The topological polar surface area (TPSA) is 118 Å². The fraction of sp³-hybridized carbons (Fsp3) is 0.381. The molecule has 9 heteroatoms. The van der Waals surface area contributed by atoms with Crippen LogP contribution < -0.4 is 26.4 Å². The Morgan fingerprint density at radius 1 is 1.30 bits per heavy atom. The molecule has 8 nitrogen and oxygen atoms in total. The number of carbonyl (C=O) groups excluding carboxylic acids is 2. The SMILES string of the molecule is Cc1nc(N)ccc1CNC(=O)[C@H](C)NC(=O)[C@H]1C[C@H](Oc2ccc(Br)cc2)CN1. The van der Waals surface area contributed by atoms with Gasteiger partial charge in [0.2, 0.25) is 11.8 Å². The summed E-state index contributed by atoms with van der Waals surface area (Å²) in [5.74, 6) is 0.714. The van der Waals surface area contributed by atoms with E-state index in [1.165, 1.54) is 0 Å². The van der Waals surface area contributed by atoms with E-state index in [1.54, 1.807) is 13.0 Å². The highest BCUT2D eigenvalue weighted by Crippen LogP contribution is 2.20. The zero-order valence-electron chi connectivity index (χ0n) is 16.9. The minimum Gasteiger partial charge on any atom is -0.489 e. The summed E-state index contributed by atoms with van der Waals surface area (Å²) in [5.41, 5.74) is 7.28. The molecule has 160 valence electrons. The first kappa shape index (κ1) is 22.0. The maximum Gasteiger partial charge on any atom is 0.242 e. The van der Waals surface area contributed by atoms with Crippen molar-refractivity contribution in [3.05, 3.63) is 52.1 Å². The quantitative estimate of drug-likeness (QED) is 0.483. The molecule has 5 N–H and O–H groups in total. The first-order chi connectivity index (χ1) is 14.3. The van der Waals surface area contributed by atoms with Crippen LogP contribution in [0.5, 0.6) is 5.75 Å². The van der Waals surface area contributed by atoms with Crippen LogP contribution in [-0.4, -0.2) is 41.5 Å². The number of benzene rings is 1. The molecule has 0 spiro atoms. The number of hydrogen-bond acceptors (Lipinski definition) is 6. The van der Waals surface area contributed by atoms with Gasteiger partial charge in [-0.1, -0.05) is 22.0 Å². The second kappa shape index (κ2) is 9.90. The van der Waals surface area contributed by atoms with Crippen molar-refractivity contribution in [2.75, 3.05) is 12.3 Å². The van der Waals surface area contributed by atoms with Crippen LogP contribution in [0.1, 0.15) is 24.6 Å². The molecule has 3 atom stereocenters. The molecular formula is C21H26BrN5O3. The van der Waals surface area contributed by atoms with Crippen molar-refractivity contribution >= 4 is 33.6 Å².